The molecule has 5 rings (SSSR count). The summed E-state index contributed by atoms with van der Waals surface area (Å²) in [6.07, 6.45) is -3.82. The Bertz CT molecular complexity index is 1330. The molecule has 0 bridgehead atoms. The van der Waals surface area contributed by atoms with Crippen LogP contribution in [0.25, 0.3) is 32.2 Å². The quantitative estimate of drug-likeness (QED) is 0.405. The molecule has 3 heterocycles. The van der Waals surface area contributed by atoms with E-state index in [-0.39, 0.29) is 43.7 Å². The van der Waals surface area contributed by atoms with E-state index >= 15 is 4.39 Å². The zero-order valence-electron chi connectivity index (χ0n) is 15.5. The molecule has 0 saturated carbocycles. The summed E-state index contributed by atoms with van der Waals surface area (Å²) in [7, 11) is 0. The number of aromatic nitrogens is 3. The molecule has 31 heavy (non-hydrogen) atoms. The molecule has 0 spiro atoms. The molecular weight excluding hydrogens is 439 g/mol. The van der Waals surface area contributed by atoms with Crippen molar-refractivity contribution in [3.05, 3.63) is 41.7 Å². The summed E-state index contributed by atoms with van der Waals surface area (Å²) >= 11 is 0.775. The van der Waals surface area contributed by atoms with Crippen molar-refractivity contribution >= 4 is 43.4 Å². The van der Waals surface area contributed by atoms with Crippen LogP contribution >= 0.6 is 11.3 Å². The van der Waals surface area contributed by atoms with E-state index in [0.717, 1.165) is 35.9 Å². The van der Waals surface area contributed by atoms with Crippen LogP contribution in [0.5, 0.6) is 0 Å². The first kappa shape index (κ1) is 19.8. The van der Waals surface area contributed by atoms with Gasteiger partial charge in [0.1, 0.15) is 23.5 Å². The molecule has 1 fully saturated rings. The average molecular weight is 452 g/mol. The average Bonchev–Trinajstić information content (AvgIpc) is 3.07. The maximum atomic E-state index is 15.6. The Kier molecular flexibility index (Phi) is 4.45. The summed E-state index contributed by atoms with van der Waals surface area (Å²) < 4.78 is 71.9. The van der Waals surface area contributed by atoms with Crippen molar-refractivity contribution < 1.29 is 22.0 Å². The second-order valence-electron chi connectivity index (χ2n) is 7.05. The van der Waals surface area contributed by atoms with Crippen molar-refractivity contribution in [2.45, 2.75) is 12.2 Å². The van der Waals surface area contributed by atoms with E-state index in [0.29, 0.717) is 13.1 Å². The zero-order chi connectivity index (χ0) is 21.9. The summed E-state index contributed by atoms with van der Waals surface area (Å²) in [6.45, 7) is 1.22. The molecular formula is C19H13F5N6S. The molecule has 160 valence electrons. The van der Waals surface area contributed by atoms with Gasteiger partial charge in [-0.05, 0) is 18.2 Å². The normalized spacial score (nSPS) is 14.9. The van der Waals surface area contributed by atoms with Gasteiger partial charge in [-0.15, -0.1) is 0 Å². The van der Waals surface area contributed by atoms with Gasteiger partial charge in [-0.25, -0.2) is 23.7 Å². The number of halogens is 5. The largest absolute Gasteiger partial charge is 0.417 e. The minimum absolute atomic E-state index is 0.0371. The summed E-state index contributed by atoms with van der Waals surface area (Å²) in [4.78, 5) is 11.8. The van der Waals surface area contributed by atoms with Crippen molar-refractivity contribution in [3.63, 3.8) is 0 Å². The number of nitrogens with one attached hydrogen (secondary N) is 2. The minimum atomic E-state index is -4.90. The number of nitrogen functional groups attached to an aromatic ring is 1. The fraction of sp³-hybridized carbons (Fsp3) is 0.211. The summed E-state index contributed by atoms with van der Waals surface area (Å²) in [5.41, 5.74) is 3.00. The molecule has 4 N–H and O–H groups in total. The fourth-order valence-electron chi connectivity index (χ4n) is 3.54. The maximum Gasteiger partial charge on any atom is 0.417 e. The van der Waals surface area contributed by atoms with Crippen molar-refractivity contribution in [2.75, 3.05) is 24.1 Å². The van der Waals surface area contributed by atoms with Gasteiger partial charge in [0.05, 0.1) is 21.8 Å². The number of hydrogen-bond acceptors (Lipinski definition) is 7. The predicted molar refractivity (Wildman–Crippen MR) is 108 cm³/mol. The fourth-order valence-corrected chi connectivity index (χ4v) is 4.30. The van der Waals surface area contributed by atoms with Crippen molar-refractivity contribution in [3.8, 4) is 11.1 Å². The maximum absolute atomic E-state index is 15.6. The Balaban J connectivity index is 1.83. The van der Waals surface area contributed by atoms with Crippen LogP contribution < -0.4 is 16.4 Å². The molecule has 4 aromatic rings. The Morgan fingerprint density at radius 3 is 2.58 bits per heavy atom. The van der Waals surface area contributed by atoms with E-state index in [1.807, 2.05) is 0 Å². The number of rotatable bonds is 3. The highest BCUT2D eigenvalue weighted by molar-refractivity contribution is 7.22. The number of benzene rings is 2. The van der Waals surface area contributed by atoms with E-state index in [9.17, 15) is 17.6 Å². The van der Waals surface area contributed by atoms with Crippen molar-refractivity contribution in [1.29, 1.82) is 0 Å². The van der Waals surface area contributed by atoms with Gasteiger partial charge >= 0.3 is 6.18 Å². The minimum Gasteiger partial charge on any atom is -0.375 e. The predicted octanol–water partition coefficient (Wildman–Crippen LogP) is 4.17. The first-order valence-electron chi connectivity index (χ1n) is 9.10. The third-order valence-corrected chi connectivity index (χ3v) is 5.97. The third-order valence-electron chi connectivity index (χ3n) is 5.08. The van der Waals surface area contributed by atoms with Crippen LogP contribution in [-0.2, 0) is 6.18 Å². The number of anilines is 2. The monoisotopic (exact) mass is 452 g/mol. The number of fused-ring (bicyclic) bond motifs is 2. The van der Waals surface area contributed by atoms with Crippen LogP contribution in [0.15, 0.2) is 24.5 Å². The molecule has 1 saturated heterocycles. The highest BCUT2D eigenvalue weighted by Gasteiger charge is 2.38. The summed E-state index contributed by atoms with van der Waals surface area (Å²) in [6, 6.07) is 2.81. The van der Waals surface area contributed by atoms with Gasteiger partial charge in [-0.3, -0.25) is 0 Å². The van der Waals surface area contributed by atoms with Crippen LogP contribution in [0.4, 0.5) is 32.9 Å². The summed E-state index contributed by atoms with van der Waals surface area (Å²) in [5.74, 6) is -1.79. The van der Waals surface area contributed by atoms with Gasteiger partial charge in [-0.1, -0.05) is 11.3 Å². The number of nitrogens with zero attached hydrogens (tertiary/aromatic N) is 3. The molecule has 2 aromatic carbocycles. The third kappa shape index (κ3) is 3.22. The highest BCUT2D eigenvalue weighted by Crippen LogP contribution is 2.45. The van der Waals surface area contributed by atoms with Crippen LogP contribution in [0.1, 0.15) is 5.56 Å². The highest BCUT2D eigenvalue weighted by atomic mass is 32.1. The lowest BCUT2D eigenvalue weighted by atomic mass is 9.95. The molecule has 2 aromatic heterocycles. The van der Waals surface area contributed by atoms with Crippen LogP contribution in [0, 0.1) is 11.6 Å². The Labute approximate surface area is 175 Å². The summed E-state index contributed by atoms with van der Waals surface area (Å²) in [5, 5.41) is 5.89. The Hall–Kier alpha value is -3.12. The molecule has 0 aliphatic carbocycles. The van der Waals surface area contributed by atoms with Gasteiger partial charge < -0.3 is 16.4 Å². The molecule has 0 atom stereocenters. The van der Waals surface area contributed by atoms with Crippen molar-refractivity contribution in [2.24, 2.45) is 0 Å². The van der Waals surface area contributed by atoms with E-state index in [1.165, 1.54) is 0 Å². The number of alkyl halides is 3. The zero-order valence-corrected chi connectivity index (χ0v) is 16.3. The molecule has 12 heteroatoms. The van der Waals surface area contributed by atoms with Gasteiger partial charge in [0, 0.05) is 29.6 Å². The molecule has 1 aliphatic heterocycles. The van der Waals surface area contributed by atoms with E-state index < -0.39 is 28.9 Å². The molecule has 0 amide bonds. The second-order valence-corrected chi connectivity index (χ2v) is 8.08. The van der Waals surface area contributed by atoms with E-state index in [4.69, 9.17) is 5.73 Å². The smallest absolute Gasteiger partial charge is 0.375 e. The first-order chi connectivity index (χ1) is 14.7. The molecule has 6 nitrogen and oxygen atoms in total. The SMILES string of the molecule is Nc1nc2c(-c3c(C(F)(F)F)cc4c(NC5CNC5)ncnc4c3F)ccc(F)c2s1. The van der Waals surface area contributed by atoms with Gasteiger partial charge in [0.2, 0.25) is 0 Å². The molecule has 0 radical (unpaired) electrons. The lowest BCUT2D eigenvalue weighted by Crippen LogP contribution is -2.51. The topological polar surface area (TPSA) is 88.8 Å². The van der Waals surface area contributed by atoms with Crippen LogP contribution in [-0.4, -0.2) is 34.1 Å². The van der Waals surface area contributed by atoms with Crippen molar-refractivity contribution in [1.82, 2.24) is 20.3 Å². The van der Waals surface area contributed by atoms with Gasteiger partial charge in [-0.2, -0.15) is 13.2 Å². The lowest BCUT2D eigenvalue weighted by Gasteiger charge is -2.29. The van der Waals surface area contributed by atoms with Gasteiger partial charge in [0.25, 0.3) is 0 Å². The molecule has 1 aliphatic rings. The second kappa shape index (κ2) is 6.95. The molecule has 0 unspecified atom stereocenters. The van der Waals surface area contributed by atoms with Gasteiger partial charge in [0.15, 0.2) is 10.9 Å². The number of hydrogen-bond donors (Lipinski definition) is 3. The van der Waals surface area contributed by atoms with E-state index in [2.05, 4.69) is 25.6 Å². The van der Waals surface area contributed by atoms with E-state index in [1.54, 1.807) is 0 Å². The number of thiazole rings is 1. The Morgan fingerprint density at radius 2 is 1.90 bits per heavy atom. The number of nitrogens with two attached hydrogens (primary N) is 1. The Morgan fingerprint density at radius 1 is 1.13 bits per heavy atom. The lowest BCUT2D eigenvalue weighted by molar-refractivity contribution is -0.137. The van der Waals surface area contributed by atoms with Crippen LogP contribution in [0.3, 0.4) is 0 Å². The standard InChI is InChI=1S/C19H13F5N6S/c20-11-2-1-8(15-16(11)31-18(25)30-15)12-10(19(22,23)24)3-9-14(13(12)21)27-6-28-17(9)29-7-4-26-5-7/h1-3,6-7,26H,4-5H2,(H2,25,30)(H,27,28,29). The first-order valence-corrected chi connectivity index (χ1v) is 9.92. The van der Waals surface area contributed by atoms with Crippen LogP contribution in [0.2, 0.25) is 0 Å².